The molecule has 42 heavy (non-hydrogen) atoms. The topological polar surface area (TPSA) is 90.4 Å². The summed E-state index contributed by atoms with van der Waals surface area (Å²) >= 11 is 1.61. The molecule has 3 aliphatic rings. The number of hydrogen-bond acceptors (Lipinski definition) is 7. The third kappa shape index (κ3) is 5.39. The number of carbonyl (C=O) groups is 3. The Bertz CT molecular complexity index is 1170. The zero-order valence-corrected chi connectivity index (χ0v) is 26.5. The standard InChI is InChI=1S/C33H47N3O5S/c1-8-16-35(24-14-12-23(13-15-24)34(10-3)11-4)31(39)29-33-22(7)19-26(42-33)27(32(40)41-17-9-2)28(33)30(38)36(29)25(20-37)18-21(5)6/h8-9,12-15,21-22,25-29,37H,1-2,10-11,16-20H2,3-7H3/t22?,25-,26+,27-,28+,29?,33?/m1/s1. The van der Waals surface area contributed by atoms with E-state index in [0.29, 0.717) is 12.8 Å². The van der Waals surface area contributed by atoms with Crippen molar-refractivity contribution in [2.75, 3.05) is 42.6 Å². The molecule has 0 aliphatic carbocycles. The van der Waals surface area contributed by atoms with Crippen molar-refractivity contribution in [2.24, 2.45) is 23.7 Å². The second kappa shape index (κ2) is 13.2. The fourth-order valence-electron chi connectivity index (χ4n) is 7.49. The zero-order chi connectivity index (χ0) is 30.8. The third-order valence-corrected chi connectivity index (χ3v) is 11.3. The average Bonchev–Trinajstić information content (AvgIpc) is 3.57. The lowest BCUT2D eigenvalue weighted by Crippen LogP contribution is -2.59. The van der Waals surface area contributed by atoms with Crippen molar-refractivity contribution < 1.29 is 24.2 Å². The van der Waals surface area contributed by atoms with Gasteiger partial charge in [-0.1, -0.05) is 39.5 Å². The van der Waals surface area contributed by atoms with E-state index in [1.165, 1.54) is 6.08 Å². The molecule has 0 radical (unpaired) electrons. The van der Waals surface area contributed by atoms with Crippen LogP contribution in [-0.4, -0.2) is 82.7 Å². The van der Waals surface area contributed by atoms with Crippen LogP contribution >= 0.6 is 11.8 Å². The number of aliphatic hydroxyl groups excluding tert-OH is 1. The number of likely N-dealkylation sites (tertiary alicyclic amines) is 1. The monoisotopic (exact) mass is 597 g/mol. The summed E-state index contributed by atoms with van der Waals surface area (Å²) in [7, 11) is 0. The first-order valence-corrected chi connectivity index (χ1v) is 16.1. The second-order valence-corrected chi connectivity index (χ2v) is 13.7. The summed E-state index contributed by atoms with van der Waals surface area (Å²) in [5, 5.41) is 10.5. The number of carbonyl (C=O) groups excluding carboxylic acids is 3. The van der Waals surface area contributed by atoms with Gasteiger partial charge < -0.3 is 24.5 Å². The van der Waals surface area contributed by atoms with Gasteiger partial charge in [0, 0.05) is 36.3 Å². The van der Waals surface area contributed by atoms with E-state index in [1.54, 1.807) is 27.6 Å². The van der Waals surface area contributed by atoms with Crippen molar-refractivity contribution >= 4 is 40.9 Å². The van der Waals surface area contributed by atoms with Crippen molar-refractivity contribution in [3.05, 3.63) is 49.6 Å². The molecule has 8 nitrogen and oxygen atoms in total. The van der Waals surface area contributed by atoms with Crippen LogP contribution in [0.15, 0.2) is 49.6 Å². The Morgan fingerprint density at radius 3 is 2.36 bits per heavy atom. The number of nitrogens with zero attached hydrogens (tertiary/aromatic N) is 3. The molecular weight excluding hydrogens is 550 g/mol. The van der Waals surface area contributed by atoms with Crippen LogP contribution in [0.25, 0.3) is 0 Å². The van der Waals surface area contributed by atoms with Gasteiger partial charge in [0.2, 0.25) is 5.91 Å². The van der Waals surface area contributed by atoms with Crippen molar-refractivity contribution in [1.29, 1.82) is 0 Å². The van der Waals surface area contributed by atoms with Gasteiger partial charge in [0.25, 0.3) is 5.91 Å². The molecule has 3 heterocycles. The molecule has 7 atom stereocenters. The number of rotatable bonds is 14. The summed E-state index contributed by atoms with van der Waals surface area (Å²) in [4.78, 5) is 48.3. The molecule has 1 N–H and O–H groups in total. The largest absolute Gasteiger partial charge is 0.461 e. The molecule has 3 aliphatic heterocycles. The lowest BCUT2D eigenvalue weighted by atomic mass is 9.66. The summed E-state index contributed by atoms with van der Waals surface area (Å²) < 4.78 is 4.70. The van der Waals surface area contributed by atoms with E-state index in [4.69, 9.17) is 4.74 Å². The quantitative estimate of drug-likeness (QED) is 0.249. The molecule has 230 valence electrons. The van der Waals surface area contributed by atoms with Gasteiger partial charge in [-0.15, -0.1) is 18.3 Å². The number of thioether (sulfide) groups is 1. The van der Waals surface area contributed by atoms with E-state index < -0.39 is 34.6 Å². The number of fused-ring (bicyclic) bond motifs is 1. The molecule has 2 bridgehead atoms. The molecule has 3 unspecified atom stereocenters. The minimum Gasteiger partial charge on any atom is -0.461 e. The number of aliphatic hydroxyl groups is 1. The zero-order valence-electron chi connectivity index (χ0n) is 25.7. The Hall–Kier alpha value is -2.78. The molecule has 3 fully saturated rings. The summed E-state index contributed by atoms with van der Waals surface area (Å²) in [6.07, 6.45) is 4.48. The van der Waals surface area contributed by atoms with Crippen molar-refractivity contribution in [1.82, 2.24) is 4.90 Å². The number of esters is 1. The average molecular weight is 598 g/mol. The molecule has 1 aromatic rings. The lowest BCUT2D eigenvalue weighted by Gasteiger charge is -2.42. The summed E-state index contributed by atoms with van der Waals surface area (Å²) in [5.74, 6) is -1.98. The van der Waals surface area contributed by atoms with Crippen LogP contribution in [-0.2, 0) is 19.1 Å². The first-order chi connectivity index (χ1) is 20.1. The lowest BCUT2D eigenvalue weighted by molar-refractivity contribution is -0.154. The van der Waals surface area contributed by atoms with Gasteiger partial charge in [0.15, 0.2) is 0 Å². The highest BCUT2D eigenvalue weighted by Crippen LogP contribution is 2.69. The van der Waals surface area contributed by atoms with E-state index in [2.05, 4.69) is 38.8 Å². The van der Waals surface area contributed by atoms with Gasteiger partial charge in [0.05, 0.1) is 29.2 Å². The summed E-state index contributed by atoms with van der Waals surface area (Å²) in [5.41, 5.74) is 1.79. The smallest absolute Gasteiger partial charge is 0.311 e. The second-order valence-electron chi connectivity index (χ2n) is 12.1. The highest BCUT2D eigenvalue weighted by atomic mass is 32.2. The van der Waals surface area contributed by atoms with E-state index >= 15 is 0 Å². The minimum absolute atomic E-state index is 0.0119. The van der Waals surface area contributed by atoms with Crippen molar-refractivity contribution in [3.63, 3.8) is 0 Å². The van der Waals surface area contributed by atoms with Crippen LogP contribution in [0.3, 0.4) is 0 Å². The van der Waals surface area contributed by atoms with E-state index in [-0.39, 0.29) is 48.7 Å². The van der Waals surface area contributed by atoms with Gasteiger partial charge in [0.1, 0.15) is 12.6 Å². The molecule has 0 saturated carbocycles. The Morgan fingerprint density at radius 1 is 1.17 bits per heavy atom. The molecular formula is C33H47N3O5S. The normalized spacial score (nSPS) is 28.5. The number of anilines is 2. The van der Waals surface area contributed by atoms with E-state index in [0.717, 1.165) is 24.5 Å². The van der Waals surface area contributed by atoms with E-state index in [1.807, 2.05) is 38.1 Å². The number of benzene rings is 1. The maximum Gasteiger partial charge on any atom is 0.311 e. The number of amides is 2. The van der Waals surface area contributed by atoms with Crippen LogP contribution in [0, 0.1) is 23.7 Å². The highest BCUT2D eigenvalue weighted by Gasteiger charge is 2.77. The van der Waals surface area contributed by atoms with Crippen LogP contribution in [0.4, 0.5) is 11.4 Å². The molecule has 1 aromatic carbocycles. The van der Waals surface area contributed by atoms with Gasteiger partial charge in [-0.2, -0.15) is 0 Å². The van der Waals surface area contributed by atoms with Crippen molar-refractivity contribution in [2.45, 2.75) is 69.5 Å². The Kier molecular flexibility index (Phi) is 10.1. The molecule has 1 spiro atoms. The third-order valence-electron chi connectivity index (χ3n) is 9.25. The van der Waals surface area contributed by atoms with Crippen LogP contribution in [0.1, 0.15) is 47.5 Å². The molecule has 9 heteroatoms. The van der Waals surface area contributed by atoms with Crippen LogP contribution in [0.5, 0.6) is 0 Å². The first-order valence-electron chi connectivity index (χ1n) is 15.3. The fraction of sp³-hybridized carbons (Fsp3) is 0.606. The fourth-order valence-corrected chi connectivity index (χ4v) is 9.88. The predicted molar refractivity (Wildman–Crippen MR) is 170 cm³/mol. The van der Waals surface area contributed by atoms with Crippen molar-refractivity contribution in [3.8, 4) is 0 Å². The summed E-state index contributed by atoms with van der Waals surface area (Å²) in [6, 6.07) is 6.55. The Balaban J connectivity index is 1.81. The minimum atomic E-state index is -0.837. The van der Waals surface area contributed by atoms with Gasteiger partial charge in [-0.3, -0.25) is 14.4 Å². The van der Waals surface area contributed by atoms with Crippen LogP contribution < -0.4 is 9.80 Å². The van der Waals surface area contributed by atoms with E-state index in [9.17, 15) is 19.5 Å². The maximum absolute atomic E-state index is 14.9. The number of hydrogen-bond donors (Lipinski definition) is 1. The van der Waals surface area contributed by atoms with Crippen LogP contribution in [0.2, 0.25) is 0 Å². The number of ether oxygens (including phenoxy) is 1. The molecule has 4 rings (SSSR count). The SMILES string of the molecule is C=CCOC(=O)[C@@H]1[C@@H]2CC(C)C3(S2)C(C(=O)N(CC=C)c2ccc(N(CC)CC)cc2)N([C@@H](CO)CC(C)C)C(=O)[C@H]13. The predicted octanol–water partition coefficient (Wildman–Crippen LogP) is 4.53. The molecule has 2 amide bonds. The van der Waals surface area contributed by atoms with Gasteiger partial charge in [-0.25, -0.2) is 0 Å². The molecule has 3 saturated heterocycles. The maximum atomic E-state index is 14.9. The van der Waals surface area contributed by atoms with Gasteiger partial charge in [-0.05, 0) is 62.8 Å². The Labute approximate surface area is 255 Å². The highest BCUT2D eigenvalue weighted by molar-refractivity contribution is 8.02. The molecule has 0 aromatic heterocycles. The summed E-state index contributed by atoms with van der Waals surface area (Å²) in [6.45, 7) is 19.8. The Morgan fingerprint density at radius 2 is 1.81 bits per heavy atom. The van der Waals surface area contributed by atoms with Gasteiger partial charge >= 0.3 is 5.97 Å². The first kappa shape index (κ1) is 32.1.